The van der Waals surface area contributed by atoms with Crippen LogP contribution in [0.3, 0.4) is 0 Å². The van der Waals surface area contributed by atoms with Crippen LogP contribution in [0.4, 0.5) is 0 Å². The first-order valence-electron chi connectivity index (χ1n) is 6.93. The second-order valence-electron chi connectivity index (χ2n) is 5.46. The van der Waals surface area contributed by atoms with Gasteiger partial charge in [-0.3, -0.25) is 9.69 Å². The number of nitrogens with two attached hydrogens (primary N) is 1. The van der Waals surface area contributed by atoms with Gasteiger partial charge in [-0.1, -0.05) is 25.2 Å². The fourth-order valence-electron chi connectivity index (χ4n) is 2.57. The number of hydrogen-bond acceptors (Lipinski definition) is 6. The zero-order valence-corrected chi connectivity index (χ0v) is 12.6. The highest BCUT2D eigenvalue weighted by atomic mass is 32.1. The molecule has 108 valence electrons. The van der Waals surface area contributed by atoms with Crippen LogP contribution in [-0.4, -0.2) is 38.6 Å². The largest absolute Gasteiger partial charge is 0.326 e. The van der Waals surface area contributed by atoms with E-state index < -0.39 is 0 Å². The minimum atomic E-state index is -0.0995. The Morgan fingerprint density at radius 3 is 2.95 bits per heavy atom. The summed E-state index contributed by atoms with van der Waals surface area (Å²) in [6.07, 6.45) is 0.821. The van der Waals surface area contributed by atoms with E-state index in [1.54, 1.807) is 6.07 Å². The van der Waals surface area contributed by atoms with Gasteiger partial charge in [0.2, 0.25) is 4.96 Å². The molecule has 2 unspecified atom stereocenters. The van der Waals surface area contributed by atoms with Gasteiger partial charge < -0.3 is 5.73 Å². The summed E-state index contributed by atoms with van der Waals surface area (Å²) in [5, 5.41) is 5.19. The van der Waals surface area contributed by atoms with Crippen LogP contribution < -0.4 is 11.3 Å². The van der Waals surface area contributed by atoms with Crippen molar-refractivity contribution >= 4 is 16.3 Å². The van der Waals surface area contributed by atoms with Gasteiger partial charge in [-0.25, -0.2) is 4.98 Å². The highest BCUT2D eigenvalue weighted by molar-refractivity contribution is 7.16. The third-order valence-electron chi connectivity index (χ3n) is 3.77. The van der Waals surface area contributed by atoms with Crippen molar-refractivity contribution in [3.8, 4) is 0 Å². The van der Waals surface area contributed by atoms with Gasteiger partial charge in [-0.15, -0.1) is 0 Å². The predicted octanol–water partition coefficient (Wildman–Crippen LogP) is 0.492. The summed E-state index contributed by atoms with van der Waals surface area (Å²) in [5.41, 5.74) is 6.74. The molecule has 2 atom stereocenters. The lowest BCUT2D eigenvalue weighted by molar-refractivity contribution is 0.315. The van der Waals surface area contributed by atoms with Gasteiger partial charge in [0.15, 0.2) is 0 Å². The minimum absolute atomic E-state index is 0.0995. The zero-order valence-electron chi connectivity index (χ0n) is 11.7. The molecule has 0 bridgehead atoms. The molecule has 1 fully saturated rings. The number of fused-ring (bicyclic) bond motifs is 1. The zero-order chi connectivity index (χ0) is 14.3. The van der Waals surface area contributed by atoms with Crippen LogP contribution in [0.5, 0.6) is 0 Å². The van der Waals surface area contributed by atoms with Gasteiger partial charge in [0.25, 0.3) is 5.56 Å². The van der Waals surface area contributed by atoms with Crippen molar-refractivity contribution < 1.29 is 0 Å². The second kappa shape index (κ2) is 5.23. The SMILES string of the molecule is CCc1nn2c(=O)cc(CN3CC(C)C(N)C3)nc2s1. The van der Waals surface area contributed by atoms with Crippen molar-refractivity contribution in [3.05, 3.63) is 27.1 Å². The maximum absolute atomic E-state index is 12.1. The monoisotopic (exact) mass is 293 g/mol. The topological polar surface area (TPSA) is 76.5 Å². The van der Waals surface area contributed by atoms with Gasteiger partial charge >= 0.3 is 0 Å². The van der Waals surface area contributed by atoms with Crippen molar-refractivity contribution in [2.45, 2.75) is 32.9 Å². The summed E-state index contributed by atoms with van der Waals surface area (Å²) in [6, 6.07) is 1.80. The Kier molecular flexibility index (Phi) is 3.57. The van der Waals surface area contributed by atoms with E-state index in [2.05, 4.69) is 21.9 Å². The molecule has 3 rings (SSSR count). The summed E-state index contributed by atoms with van der Waals surface area (Å²) in [5.74, 6) is 0.495. The smallest absolute Gasteiger partial charge is 0.275 e. The number of aromatic nitrogens is 3. The molecule has 3 heterocycles. The van der Waals surface area contributed by atoms with Crippen LogP contribution in [0.1, 0.15) is 24.5 Å². The fourth-order valence-corrected chi connectivity index (χ4v) is 3.43. The molecule has 2 aromatic rings. The number of likely N-dealkylation sites (tertiary alicyclic amines) is 1. The maximum atomic E-state index is 12.1. The second-order valence-corrected chi connectivity index (χ2v) is 6.51. The van der Waals surface area contributed by atoms with E-state index in [-0.39, 0.29) is 11.6 Å². The molecule has 2 aromatic heterocycles. The number of aryl methyl sites for hydroxylation is 1. The average molecular weight is 293 g/mol. The normalized spacial score (nSPS) is 23.8. The number of nitrogens with zero attached hydrogens (tertiary/aromatic N) is 4. The Labute approximate surface area is 121 Å². The van der Waals surface area contributed by atoms with Crippen molar-refractivity contribution in [1.82, 2.24) is 19.5 Å². The highest BCUT2D eigenvalue weighted by Crippen LogP contribution is 2.17. The first-order chi connectivity index (χ1) is 9.56. The van der Waals surface area contributed by atoms with Gasteiger partial charge in [0, 0.05) is 31.7 Å². The van der Waals surface area contributed by atoms with Crippen LogP contribution in [0.2, 0.25) is 0 Å². The van der Waals surface area contributed by atoms with E-state index >= 15 is 0 Å². The summed E-state index contributed by atoms with van der Waals surface area (Å²) < 4.78 is 1.39. The van der Waals surface area contributed by atoms with Crippen LogP contribution in [0.25, 0.3) is 4.96 Å². The van der Waals surface area contributed by atoms with E-state index in [1.807, 2.05) is 6.92 Å². The third-order valence-corrected chi connectivity index (χ3v) is 4.83. The molecule has 0 saturated carbocycles. The summed E-state index contributed by atoms with van der Waals surface area (Å²) >= 11 is 1.48. The van der Waals surface area contributed by atoms with E-state index in [9.17, 15) is 4.79 Å². The minimum Gasteiger partial charge on any atom is -0.326 e. The van der Waals surface area contributed by atoms with E-state index in [0.29, 0.717) is 17.4 Å². The molecule has 1 saturated heterocycles. The lowest BCUT2D eigenvalue weighted by atomic mass is 10.1. The molecular weight excluding hydrogens is 274 g/mol. The van der Waals surface area contributed by atoms with Gasteiger partial charge in [0.1, 0.15) is 5.01 Å². The lowest BCUT2D eigenvalue weighted by Gasteiger charge is -2.14. The molecule has 1 aliphatic heterocycles. The molecule has 7 heteroatoms. The third kappa shape index (κ3) is 2.48. The molecule has 0 aromatic carbocycles. The predicted molar refractivity (Wildman–Crippen MR) is 78.9 cm³/mol. The first-order valence-corrected chi connectivity index (χ1v) is 7.75. The Balaban J connectivity index is 1.87. The lowest BCUT2D eigenvalue weighted by Crippen LogP contribution is -2.28. The quantitative estimate of drug-likeness (QED) is 0.891. The van der Waals surface area contributed by atoms with E-state index in [0.717, 1.165) is 30.2 Å². The van der Waals surface area contributed by atoms with Crippen LogP contribution in [0.15, 0.2) is 10.9 Å². The molecule has 0 aliphatic carbocycles. The molecule has 1 aliphatic rings. The van der Waals surface area contributed by atoms with Crippen LogP contribution in [-0.2, 0) is 13.0 Å². The summed E-state index contributed by atoms with van der Waals surface area (Å²) in [7, 11) is 0. The van der Waals surface area contributed by atoms with E-state index in [1.165, 1.54) is 15.9 Å². The van der Waals surface area contributed by atoms with Crippen molar-refractivity contribution in [1.29, 1.82) is 0 Å². The molecule has 0 amide bonds. The van der Waals surface area contributed by atoms with Crippen LogP contribution >= 0.6 is 11.3 Å². The molecular formula is C13H19N5OS. The van der Waals surface area contributed by atoms with Crippen molar-refractivity contribution in [2.24, 2.45) is 11.7 Å². The molecule has 2 N–H and O–H groups in total. The standard InChI is InChI=1S/C13H19N5OS/c1-3-11-16-18-12(19)4-9(15-13(18)20-11)6-17-5-8(2)10(14)7-17/h4,8,10H,3,5-7,14H2,1-2H3. The molecule has 0 spiro atoms. The molecule has 0 radical (unpaired) electrons. The Bertz CT molecular complexity index is 669. The highest BCUT2D eigenvalue weighted by Gasteiger charge is 2.26. The van der Waals surface area contributed by atoms with Crippen molar-refractivity contribution in [3.63, 3.8) is 0 Å². The maximum Gasteiger partial charge on any atom is 0.275 e. The first kappa shape index (κ1) is 13.7. The van der Waals surface area contributed by atoms with E-state index in [4.69, 9.17) is 5.73 Å². The fraction of sp³-hybridized carbons (Fsp3) is 0.615. The summed E-state index contributed by atoms with van der Waals surface area (Å²) in [6.45, 7) is 6.70. The number of rotatable bonds is 3. The Hall–Kier alpha value is -1.31. The van der Waals surface area contributed by atoms with Gasteiger partial charge in [-0.2, -0.15) is 9.61 Å². The van der Waals surface area contributed by atoms with Gasteiger partial charge in [-0.05, 0) is 12.3 Å². The summed E-state index contributed by atoms with van der Waals surface area (Å²) in [4.78, 5) is 19.6. The Morgan fingerprint density at radius 2 is 2.30 bits per heavy atom. The number of hydrogen-bond donors (Lipinski definition) is 1. The van der Waals surface area contributed by atoms with Crippen LogP contribution in [0, 0.1) is 5.92 Å². The Morgan fingerprint density at radius 1 is 1.50 bits per heavy atom. The molecule has 20 heavy (non-hydrogen) atoms. The van der Waals surface area contributed by atoms with Gasteiger partial charge in [0.05, 0.1) is 5.69 Å². The average Bonchev–Trinajstić information content (AvgIpc) is 2.94. The van der Waals surface area contributed by atoms with Crippen molar-refractivity contribution in [2.75, 3.05) is 13.1 Å². The molecule has 6 nitrogen and oxygen atoms in total.